The Balaban J connectivity index is 2.77. The number of nitrogens with zero attached hydrogens (tertiary/aromatic N) is 2. The fourth-order valence-corrected chi connectivity index (χ4v) is 1.63. The van der Waals surface area contributed by atoms with Crippen LogP contribution in [0.1, 0.15) is 26.7 Å². The Hall–Kier alpha value is -1.34. The molecule has 0 spiro atoms. The van der Waals surface area contributed by atoms with Crippen LogP contribution >= 0.6 is 0 Å². The number of nitrogens with two attached hydrogens (primary N) is 1. The van der Waals surface area contributed by atoms with Crippen molar-refractivity contribution in [2.75, 3.05) is 13.1 Å². The molecule has 0 atom stereocenters. The van der Waals surface area contributed by atoms with E-state index in [1.165, 1.54) is 6.08 Å². The summed E-state index contributed by atoms with van der Waals surface area (Å²) in [4.78, 5) is 13.7. The van der Waals surface area contributed by atoms with Crippen LogP contribution in [0.25, 0.3) is 0 Å². The van der Waals surface area contributed by atoms with Gasteiger partial charge in [0.1, 0.15) is 11.6 Å². The SMILES string of the molecule is CC(C)(N)C=C(C#N)C(=O)N1C[CH]CCC1. The number of hydrogen-bond acceptors (Lipinski definition) is 3. The van der Waals surface area contributed by atoms with E-state index in [2.05, 4.69) is 6.42 Å². The van der Waals surface area contributed by atoms with Gasteiger partial charge in [0.25, 0.3) is 5.91 Å². The molecule has 1 fully saturated rings. The Morgan fingerprint density at radius 3 is 2.75 bits per heavy atom. The number of likely N-dealkylation sites (tertiary alicyclic amines) is 1. The van der Waals surface area contributed by atoms with E-state index in [-0.39, 0.29) is 11.5 Å². The third-order valence-corrected chi connectivity index (χ3v) is 2.34. The highest BCUT2D eigenvalue weighted by atomic mass is 16.2. The summed E-state index contributed by atoms with van der Waals surface area (Å²) in [5.41, 5.74) is 5.28. The van der Waals surface area contributed by atoms with Crippen LogP contribution < -0.4 is 5.73 Å². The smallest absolute Gasteiger partial charge is 0.264 e. The molecule has 4 heteroatoms. The third kappa shape index (κ3) is 3.67. The third-order valence-electron chi connectivity index (χ3n) is 2.34. The van der Waals surface area contributed by atoms with E-state index in [0.29, 0.717) is 6.54 Å². The topological polar surface area (TPSA) is 70.1 Å². The van der Waals surface area contributed by atoms with Crippen molar-refractivity contribution in [2.24, 2.45) is 5.73 Å². The van der Waals surface area contributed by atoms with Gasteiger partial charge in [-0.3, -0.25) is 4.79 Å². The van der Waals surface area contributed by atoms with Crippen LogP contribution in [0.4, 0.5) is 0 Å². The van der Waals surface area contributed by atoms with Crippen molar-refractivity contribution in [3.63, 3.8) is 0 Å². The highest BCUT2D eigenvalue weighted by Crippen LogP contribution is 2.13. The molecule has 87 valence electrons. The molecule has 1 aliphatic rings. The van der Waals surface area contributed by atoms with Crippen LogP contribution in [-0.2, 0) is 4.79 Å². The molecule has 0 aromatic rings. The number of rotatable bonds is 2. The van der Waals surface area contributed by atoms with Crippen LogP contribution in [0, 0.1) is 17.8 Å². The number of hydrogen-bond donors (Lipinski definition) is 1. The summed E-state index contributed by atoms with van der Waals surface area (Å²) in [5.74, 6) is -0.211. The highest BCUT2D eigenvalue weighted by molar-refractivity contribution is 5.97. The Morgan fingerprint density at radius 2 is 2.31 bits per heavy atom. The molecule has 0 aromatic carbocycles. The highest BCUT2D eigenvalue weighted by Gasteiger charge is 2.22. The maximum atomic E-state index is 12.0. The first-order valence-electron chi connectivity index (χ1n) is 5.47. The predicted octanol–water partition coefficient (Wildman–Crippen LogP) is 1.00. The number of amides is 1. The number of piperidine rings is 1. The number of nitriles is 1. The first-order valence-corrected chi connectivity index (χ1v) is 5.47. The van der Waals surface area contributed by atoms with Gasteiger partial charge in [0.15, 0.2) is 0 Å². The second kappa shape index (κ2) is 5.13. The van der Waals surface area contributed by atoms with Crippen LogP contribution in [0.15, 0.2) is 11.6 Å². The molecule has 0 aromatic heterocycles. The fourth-order valence-electron chi connectivity index (χ4n) is 1.63. The molecule has 1 amide bonds. The molecule has 2 N–H and O–H groups in total. The summed E-state index contributed by atoms with van der Waals surface area (Å²) in [6.07, 6.45) is 5.60. The first kappa shape index (κ1) is 12.7. The van der Waals surface area contributed by atoms with Crippen molar-refractivity contribution in [1.29, 1.82) is 5.26 Å². The molecule has 0 bridgehead atoms. The van der Waals surface area contributed by atoms with Gasteiger partial charge in [-0.05, 0) is 39.2 Å². The van der Waals surface area contributed by atoms with Crippen LogP contribution in [0.3, 0.4) is 0 Å². The minimum Gasteiger partial charge on any atom is -0.338 e. The van der Waals surface area contributed by atoms with Crippen molar-refractivity contribution in [2.45, 2.75) is 32.2 Å². The zero-order valence-corrected chi connectivity index (χ0v) is 9.86. The molecule has 1 rings (SSSR count). The summed E-state index contributed by atoms with van der Waals surface area (Å²) in [5, 5.41) is 8.96. The molecule has 0 unspecified atom stereocenters. The lowest BCUT2D eigenvalue weighted by Gasteiger charge is -2.26. The number of carbonyl (C=O) groups is 1. The minimum atomic E-state index is -0.639. The van der Waals surface area contributed by atoms with E-state index in [9.17, 15) is 4.79 Å². The second-order valence-electron chi connectivity index (χ2n) is 4.67. The van der Waals surface area contributed by atoms with Gasteiger partial charge in [0, 0.05) is 18.6 Å². The van der Waals surface area contributed by atoms with Gasteiger partial charge in [0.2, 0.25) is 0 Å². The van der Waals surface area contributed by atoms with Gasteiger partial charge in [-0.25, -0.2) is 0 Å². The Kier molecular flexibility index (Phi) is 4.08. The summed E-state index contributed by atoms with van der Waals surface area (Å²) in [7, 11) is 0. The van der Waals surface area contributed by atoms with E-state index in [1.807, 2.05) is 6.07 Å². The lowest BCUT2D eigenvalue weighted by Crippen LogP contribution is -2.38. The van der Waals surface area contributed by atoms with Crippen molar-refractivity contribution < 1.29 is 4.79 Å². The average Bonchev–Trinajstić information content (AvgIpc) is 2.25. The second-order valence-corrected chi connectivity index (χ2v) is 4.67. The standard InChI is InChI=1S/C12H18N3O/c1-12(2,14)8-10(9-13)11(16)15-6-4-3-5-7-15/h4,8H,3,5-7,14H2,1-2H3. The van der Waals surface area contributed by atoms with Gasteiger partial charge in [-0.15, -0.1) is 0 Å². The first-order chi connectivity index (χ1) is 7.44. The predicted molar refractivity (Wildman–Crippen MR) is 62.1 cm³/mol. The van der Waals surface area contributed by atoms with Crippen molar-refractivity contribution in [3.05, 3.63) is 18.1 Å². The lowest BCUT2D eigenvalue weighted by molar-refractivity contribution is -0.126. The lowest BCUT2D eigenvalue weighted by atomic mass is 10.0. The van der Waals surface area contributed by atoms with E-state index >= 15 is 0 Å². The Labute approximate surface area is 96.7 Å². The van der Waals surface area contributed by atoms with Gasteiger partial charge < -0.3 is 10.6 Å². The molecule has 1 saturated heterocycles. The van der Waals surface area contributed by atoms with Crippen LogP contribution in [-0.4, -0.2) is 29.4 Å². The quantitative estimate of drug-likeness (QED) is 0.557. The summed E-state index contributed by atoms with van der Waals surface area (Å²) >= 11 is 0. The zero-order valence-electron chi connectivity index (χ0n) is 9.86. The maximum Gasteiger partial charge on any atom is 0.264 e. The van der Waals surface area contributed by atoms with Crippen LogP contribution in [0.2, 0.25) is 0 Å². The van der Waals surface area contributed by atoms with E-state index < -0.39 is 5.54 Å². The van der Waals surface area contributed by atoms with Gasteiger partial charge in [-0.2, -0.15) is 5.26 Å². The summed E-state index contributed by atoms with van der Waals surface area (Å²) in [6, 6.07) is 1.93. The van der Waals surface area contributed by atoms with Crippen molar-refractivity contribution >= 4 is 5.91 Å². The summed E-state index contributed by atoms with van der Waals surface area (Å²) in [6.45, 7) is 4.88. The molecule has 16 heavy (non-hydrogen) atoms. The number of carbonyl (C=O) groups excluding carboxylic acids is 1. The maximum absolute atomic E-state index is 12.0. The fraction of sp³-hybridized carbons (Fsp3) is 0.583. The van der Waals surface area contributed by atoms with Crippen molar-refractivity contribution in [1.82, 2.24) is 4.90 Å². The molecular weight excluding hydrogens is 202 g/mol. The molecule has 1 heterocycles. The molecule has 0 aliphatic carbocycles. The van der Waals surface area contributed by atoms with Crippen LogP contribution in [0.5, 0.6) is 0 Å². The normalized spacial score (nSPS) is 18.1. The van der Waals surface area contributed by atoms with Crippen molar-refractivity contribution in [3.8, 4) is 6.07 Å². The molecule has 1 aliphatic heterocycles. The van der Waals surface area contributed by atoms with Gasteiger partial charge >= 0.3 is 0 Å². The van der Waals surface area contributed by atoms with E-state index in [1.54, 1.807) is 18.7 Å². The van der Waals surface area contributed by atoms with Gasteiger partial charge in [-0.1, -0.05) is 0 Å². The average molecular weight is 220 g/mol. The molecule has 4 nitrogen and oxygen atoms in total. The Bertz CT molecular complexity index is 327. The van der Waals surface area contributed by atoms with E-state index in [4.69, 9.17) is 11.0 Å². The monoisotopic (exact) mass is 220 g/mol. The molecule has 0 saturated carbocycles. The summed E-state index contributed by atoms with van der Waals surface area (Å²) < 4.78 is 0. The minimum absolute atomic E-state index is 0.141. The molecular formula is C12H18N3O. The largest absolute Gasteiger partial charge is 0.338 e. The van der Waals surface area contributed by atoms with E-state index in [0.717, 1.165) is 19.4 Å². The zero-order chi connectivity index (χ0) is 12.2. The van der Waals surface area contributed by atoms with Gasteiger partial charge in [0.05, 0.1) is 0 Å². The molecule has 1 radical (unpaired) electrons. The Morgan fingerprint density at radius 1 is 1.62 bits per heavy atom.